The van der Waals surface area contributed by atoms with E-state index < -0.39 is 30.7 Å². The number of fused-ring (bicyclic) bond motifs is 2. The Hall–Kier alpha value is -5.68. The number of hydrogen-bond donors (Lipinski definition) is 3. The predicted molar refractivity (Wildman–Crippen MR) is 275 cm³/mol. The van der Waals surface area contributed by atoms with E-state index >= 15 is 0 Å². The predicted octanol–water partition coefficient (Wildman–Crippen LogP) is 8.18. The van der Waals surface area contributed by atoms with Gasteiger partial charge in [0.2, 0.25) is 17.8 Å². The number of ether oxygens (including phenoxy) is 1. The standard InChI is InChI=1S/C51H59BrFN10O6P/c1-5-31-26-40(57-50-54-29-37(52)48(59-50)56-39-13-12-38-36(11-8-30(2)55-38)47(39)70(3,4)67)44(68-35-9-10-35)28-42(31)62-19-16-34(17-20-62)61-23-21-60(22-24-61)18-6-7-32-25-33(53)27-43-46(32)69-51(66)63(43)41-14-15-45(64)58-49(41)65/h8,11-13,25-29,34-35,41H,5-7,9-10,14-24H2,1-4H3,(H,58,64,65)(H2,54,56,57,59). The van der Waals surface area contributed by atoms with E-state index in [0.29, 0.717) is 45.5 Å². The zero-order chi connectivity index (χ0) is 48.8. The zero-order valence-corrected chi connectivity index (χ0v) is 42.5. The first-order valence-electron chi connectivity index (χ1n) is 24.4. The lowest BCUT2D eigenvalue weighted by Gasteiger charge is -2.43. The number of hydrogen-bond acceptors (Lipinski definition) is 14. The van der Waals surface area contributed by atoms with Crippen molar-refractivity contribution in [1.82, 2.24) is 34.6 Å². The van der Waals surface area contributed by atoms with Gasteiger partial charge in [0.05, 0.1) is 33.0 Å². The summed E-state index contributed by atoms with van der Waals surface area (Å²) < 4.78 is 42.7. The molecule has 2 amide bonds. The first kappa shape index (κ1) is 48.0. The molecule has 16 nitrogen and oxygen atoms in total. The molecule has 19 heteroatoms. The number of nitrogens with zero attached hydrogens (tertiary/aromatic N) is 7. The van der Waals surface area contributed by atoms with Crippen molar-refractivity contribution in [2.75, 3.05) is 74.7 Å². The summed E-state index contributed by atoms with van der Waals surface area (Å²) >= 11 is 3.64. The van der Waals surface area contributed by atoms with Crippen LogP contribution in [0.15, 0.2) is 68.4 Å². The van der Waals surface area contributed by atoms with Crippen LogP contribution in [0.5, 0.6) is 5.75 Å². The Morgan fingerprint density at radius 1 is 0.914 bits per heavy atom. The number of carbonyl (C=O) groups is 2. The summed E-state index contributed by atoms with van der Waals surface area (Å²) in [4.78, 5) is 59.0. The Bertz CT molecular complexity index is 3100. The highest BCUT2D eigenvalue weighted by Crippen LogP contribution is 2.43. The van der Waals surface area contributed by atoms with Crippen LogP contribution in [-0.2, 0) is 27.0 Å². The fourth-order valence-corrected chi connectivity index (χ4v) is 12.1. The van der Waals surface area contributed by atoms with Crippen molar-refractivity contribution in [3.8, 4) is 5.75 Å². The van der Waals surface area contributed by atoms with Crippen LogP contribution in [-0.4, -0.2) is 112 Å². The number of benzene rings is 3. The van der Waals surface area contributed by atoms with Gasteiger partial charge in [-0.05, 0) is 130 Å². The lowest BCUT2D eigenvalue weighted by Crippen LogP contribution is -2.53. The Labute approximate surface area is 414 Å². The summed E-state index contributed by atoms with van der Waals surface area (Å²) in [5, 5.41) is 10.8. The van der Waals surface area contributed by atoms with Gasteiger partial charge in [-0.2, -0.15) is 4.98 Å². The molecule has 1 unspecified atom stereocenters. The highest BCUT2D eigenvalue weighted by Gasteiger charge is 2.33. The van der Waals surface area contributed by atoms with Crippen molar-refractivity contribution in [2.24, 2.45) is 0 Å². The summed E-state index contributed by atoms with van der Waals surface area (Å²) in [6.45, 7) is 14.2. The molecule has 1 saturated carbocycles. The number of amides is 2. The SMILES string of the molecule is CCc1cc(Nc2ncc(Br)c(Nc3ccc4nc(C)ccc4c3P(C)(C)=O)n2)c(OC2CC2)cc1N1CCC(N2CCN(CCCc3cc(F)cc4c3oc(=O)n4C3CCC(=O)NC3=O)CC2)CC1. The lowest BCUT2D eigenvalue weighted by atomic mass is 9.99. The number of carbonyl (C=O) groups excluding carboxylic acids is 2. The number of pyridine rings is 1. The van der Waals surface area contributed by atoms with E-state index in [4.69, 9.17) is 14.1 Å². The van der Waals surface area contributed by atoms with Gasteiger partial charge in [0.25, 0.3) is 0 Å². The third kappa shape index (κ3) is 10.2. The monoisotopic (exact) mass is 1040 g/mol. The number of rotatable bonds is 15. The van der Waals surface area contributed by atoms with Crippen molar-refractivity contribution in [3.63, 3.8) is 0 Å². The molecular weight excluding hydrogens is 979 g/mol. The molecule has 4 aliphatic rings. The van der Waals surface area contributed by atoms with Crippen LogP contribution in [0.25, 0.3) is 22.0 Å². The number of anilines is 5. The highest BCUT2D eigenvalue weighted by atomic mass is 79.9. The minimum atomic E-state index is -2.74. The number of piperidine rings is 2. The average Bonchev–Trinajstić information content (AvgIpc) is 4.10. The minimum Gasteiger partial charge on any atom is -0.488 e. The molecule has 70 heavy (non-hydrogen) atoms. The second kappa shape index (κ2) is 19.8. The van der Waals surface area contributed by atoms with E-state index in [0.717, 1.165) is 118 Å². The lowest BCUT2D eigenvalue weighted by molar-refractivity contribution is -0.135. The number of halogens is 2. The van der Waals surface area contributed by atoms with Gasteiger partial charge in [-0.1, -0.05) is 13.0 Å². The summed E-state index contributed by atoms with van der Waals surface area (Å²) in [6, 6.07) is 14.4. The zero-order valence-electron chi connectivity index (χ0n) is 40.0. The molecule has 3 aromatic carbocycles. The fraction of sp³-hybridized carbons (Fsp3) is 0.451. The minimum absolute atomic E-state index is 0.0981. The van der Waals surface area contributed by atoms with Gasteiger partial charge in [-0.15, -0.1) is 0 Å². The number of oxazole rings is 1. The van der Waals surface area contributed by atoms with Gasteiger partial charge >= 0.3 is 5.76 Å². The highest BCUT2D eigenvalue weighted by molar-refractivity contribution is 9.10. The quantitative estimate of drug-likeness (QED) is 0.0662. The molecule has 368 valence electrons. The fourth-order valence-electron chi connectivity index (χ4n) is 10.4. The molecule has 0 bridgehead atoms. The third-order valence-electron chi connectivity index (χ3n) is 14.1. The van der Waals surface area contributed by atoms with Gasteiger partial charge in [-0.3, -0.25) is 29.4 Å². The van der Waals surface area contributed by atoms with Crippen LogP contribution in [0.2, 0.25) is 0 Å². The van der Waals surface area contributed by atoms with Crippen LogP contribution in [0.4, 0.5) is 33.2 Å². The molecule has 10 rings (SSSR count). The maximum absolute atomic E-state index is 14.9. The van der Waals surface area contributed by atoms with Crippen molar-refractivity contribution >= 4 is 91.0 Å². The Morgan fingerprint density at radius 2 is 1.70 bits per heavy atom. The van der Waals surface area contributed by atoms with Gasteiger partial charge in [0, 0.05) is 97.7 Å². The first-order chi connectivity index (χ1) is 33.7. The van der Waals surface area contributed by atoms with Crippen LogP contribution >= 0.6 is 23.1 Å². The number of aromatic nitrogens is 4. The molecule has 0 spiro atoms. The molecule has 1 atom stereocenters. The van der Waals surface area contributed by atoms with E-state index in [2.05, 4.69) is 75.6 Å². The normalized spacial score (nSPS) is 18.7. The maximum Gasteiger partial charge on any atom is 0.420 e. The topological polar surface area (TPSA) is 180 Å². The summed E-state index contributed by atoms with van der Waals surface area (Å²) in [7, 11) is -2.74. The second-order valence-corrected chi connectivity index (χ2v) is 23.4. The summed E-state index contributed by atoms with van der Waals surface area (Å²) in [6.07, 6.45) is 8.42. The first-order valence-corrected chi connectivity index (χ1v) is 27.8. The van der Waals surface area contributed by atoms with Crippen molar-refractivity contribution < 1.29 is 27.7 Å². The van der Waals surface area contributed by atoms with E-state index in [9.17, 15) is 23.3 Å². The van der Waals surface area contributed by atoms with E-state index in [1.165, 1.54) is 28.0 Å². The van der Waals surface area contributed by atoms with Crippen LogP contribution in [0, 0.1) is 12.7 Å². The van der Waals surface area contributed by atoms with Gasteiger partial charge in [0.1, 0.15) is 30.6 Å². The Kier molecular flexibility index (Phi) is 13.6. The molecule has 1 aliphatic carbocycles. The molecule has 3 aromatic heterocycles. The number of piperazine rings is 1. The third-order valence-corrected chi connectivity index (χ3v) is 16.2. The molecule has 3 saturated heterocycles. The number of imide groups is 1. The second-order valence-electron chi connectivity index (χ2n) is 19.4. The van der Waals surface area contributed by atoms with E-state index in [-0.39, 0.29) is 30.4 Å². The summed E-state index contributed by atoms with van der Waals surface area (Å²) in [5.74, 6) is -0.478. The van der Waals surface area contributed by atoms with E-state index in [1.54, 1.807) is 19.5 Å². The molecule has 0 radical (unpaired) electrons. The largest absolute Gasteiger partial charge is 0.488 e. The van der Waals surface area contributed by atoms with Gasteiger partial charge in [-0.25, -0.2) is 14.2 Å². The van der Waals surface area contributed by atoms with Gasteiger partial charge in [0.15, 0.2) is 5.58 Å². The number of nitrogens with one attached hydrogen (secondary N) is 3. The Morgan fingerprint density at radius 3 is 2.43 bits per heavy atom. The molecule has 4 fully saturated rings. The maximum atomic E-state index is 14.9. The van der Waals surface area contributed by atoms with Crippen molar-refractivity contribution in [2.45, 2.75) is 89.8 Å². The molecular formula is C51H59BrFN10O6P. The molecule has 6 heterocycles. The van der Waals surface area contributed by atoms with Crippen molar-refractivity contribution in [3.05, 3.63) is 92.4 Å². The van der Waals surface area contributed by atoms with Gasteiger partial charge < -0.3 is 34.2 Å². The Balaban J connectivity index is 0.763. The van der Waals surface area contributed by atoms with Crippen molar-refractivity contribution in [1.29, 1.82) is 0 Å². The molecule has 6 aromatic rings. The van der Waals surface area contributed by atoms with Crippen LogP contribution in [0.3, 0.4) is 0 Å². The summed E-state index contributed by atoms with van der Waals surface area (Å²) in [5.41, 5.74) is 6.76. The van der Waals surface area contributed by atoms with Crippen LogP contribution < -0.4 is 36.6 Å². The average molecular weight is 1040 g/mol. The number of aryl methyl sites for hydroxylation is 3. The molecule has 3 aliphatic heterocycles. The van der Waals surface area contributed by atoms with E-state index in [1.807, 2.05) is 31.2 Å². The van der Waals surface area contributed by atoms with Crippen LogP contribution in [0.1, 0.15) is 74.7 Å². The smallest absolute Gasteiger partial charge is 0.420 e. The molecule has 3 N–H and O–H groups in total.